The van der Waals surface area contributed by atoms with Crippen LogP contribution in [0.15, 0.2) is 30.0 Å². The molecule has 0 saturated carbocycles. The molecule has 1 aliphatic carbocycles. The highest BCUT2D eigenvalue weighted by molar-refractivity contribution is 5.93. The van der Waals surface area contributed by atoms with E-state index >= 15 is 0 Å². The zero-order chi connectivity index (χ0) is 14.7. The fourth-order valence-corrected chi connectivity index (χ4v) is 2.51. The van der Waals surface area contributed by atoms with Gasteiger partial charge in [0, 0.05) is 36.4 Å². The average Bonchev–Trinajstić information content (AvgIpc) is 3.11. The van der Waals surface area contributed by atoms with E-state index < -0.39 is 0 Å². The lowest BCUT2D eigenvalue weighted by molar-refractivity contribution is -0.114. The zero-order valence-electron chi connectivity index (χ0n) is 12.1. The van der Waals surface area contributed by atoms with E-state index in [2.05, 4.69) is 5.32 Å². The lowest BCUT2D eigenvalue weighted by atomic mass is 10.2. The van der Waals surface area contributed by atoms with E-state index in [1.807, 2.05) is 18.2 Å². The van der Waals surface area contributed by atoms with E-state index in [1.54, 1.807) is 13.2 Å². The van der Waals surface area contributed by atoms with E-state index in [4.69, 9.17) is 14.2 Å². The van der Waals surface area contributed by atoms with Crippen LogP contribution < -0.4 is 14.8 Å². The Morgan fingerprint density at radius 2 is 2.19 bits per heavy atom. The van der Waals surface area contributed by atoms with Crippen LogP contribution in [-0.4, -0.2) is 25.8 Å². The number of hydrogen-bond donors (Lipinski definition) is 1. The van der Waals surface area contributed by atoms with E-state index in [9.17, 15) is 4.79 Å². The van der Waals surface area contributed by atoms with Crippen molar-refractivity contribution in [2.24, 2.45) is 0 Å². The van der Waals surface area contributed by atoms with Gasteiger partial charge in [0.2, 0.25) is 0 Å². The third-order valence-electron chi connectivity index (χ3n) is 3.59. The molecule has 5 nitrogen and oxygen atoms in total. The van der Waals surface area contributed by atoms with Crippen LogP contribution in [0.4, 0.5) is 5.69 Å². The molecule has 1 atom stereocenters. The molecule has 1 unspecified atom stereocenters. The molecule has 1 saturated heterocycles. The predicted molar refractivity (Wildman–Crippen MR) is 78.5 cm³/mol. The van der Waals surface area contributed by atoms with Crippen molar-refractivity contribution in [3.8, 4) is 11.5 Å². The number of carbonyl (C=O) groups excluding carboxylic acids is 1. The van der Waals surface area contributed by atoms with Crippen LogP contribution in [0.1, 0.15) is 25.7 Å². The van der Waals surface area contributed by atoms with Gasteiger partial charge in [0.1, 0.15) is 0 Å². The van der Waals surface area contributed by atoms with Crippen LogP contribution in [0.2, 0.25) is 0 Å². The lowest BCUT2D eigenvalue weighted by Crippen LogP contribution is -2.14. The second-order valence-electron chi connectivity index (χ2n) is 5.19. The van der Waals surface area contributed by atoms with Crippen LogP contribution in [0.3, 0.4) is 0 Å². The lowest BCUT2D eigenvalue weighted by Gasteiger charge is -2.17. The molecule has 1 aromatic rings. The number of allylic oxidation sites excluding steroid dienone is 2. The summed E-state index contributed by atoms with van der Waals surface area (Å²) in [5, 5.41) is 3.25. The van der Waals surface area contributed by atoms with Crippen molar-refractivity contribution >= 4 is 11.5 Å². The standard InChI is InChI=1S/C16H19NO4/c1-19-14-7-5-12(17-11-4-6-13(18)9-11)10-15(14)21-16-3-2-8-20-16/h5,7,9-10,16-17H,2-4,6,8H2,1H3. The van der Waals surface area contributed by atoms with Crippen molar-refractivity contribution in [1.29, 1.82) is 0 Å². The smallest absolute Gasteiger partial charge is 0.200 e. The minimum Gasteiger partial charge on any atom is -0.493 e. The van der Waals surface area contributed by atoms with Gasteiger partial charge in [-0.1, -0.05) is 0 Å². The summed E-state index contributed by atoms with van der Waals surface area (Å²) in [4.78, 5) is 11.3. The summed E-state index contributed by atoms with van der Waals surface area (Å²) >= 11 is 0. The molecule has 3 rings (SSSR count). The van der Waals surface area contributed by atoms with Gasteiger partial charge in [-0.25, -0.2) is 0 Å². The van der Waals surface area contributed by atoms with Crippen molar-refractivity contribution < 1.29 is 19.0 Å². The summed E-state index contributed by atoms with van der Waals surface area (Å²) in [6.07, 6.45) is 4.69. The molecule has 1 aliphatic heterocycles. The van der Waals surface area contributed by atoms with Gasteiger partial charge >= 0.3 is 0 Å². The summed E-state index contributed by atoms with van der Waals surface area (Å²) in [7, 11) is 1.61. The summed E-state index contributed by atoms with van der Waals surface area (Å²) in [5.41, 5.74) is 1.82. The molecular formula is C16H19NO4. The summed E-state index contributed by atoms with van der Waals surface area (Å²) in [5.74, 6) is 1.49. The Balaban J connectivity index is 1.75. The van der Waals surface area contributed by atoms with Gasteiger partial charge in [-0.3, -0.25) is 4.79 Å². The fourth-order valence-electron chi connectivity index (χ4n) is 2.51. The van der Waals surface area contributed by atoms with E-state index in [-0.39, 0.29) is 12.1 Å². The number of ketones is 1. The molecule has 0 radical (unpaired) electrons. The first kappa shape index (κ1) is 13.9. The third kappa shape index (κ3) is 3.36. The number of carbonyl (C=O) groups is 1. The molecule has 112 valence electrons. The third-order valence-corrected chi connectivity index (χ3v) is 3.59. The van der Waals surface area contributed by atoms with Crippen molar-refractivity contribution in [1.82, 2.24) is 0 Å². The molecule has 1 fully saturated rings. The normalized spacial score (nSPS) is 21.3. The highest BCUT2D eigenvalue weighted by atomic mass is 16.7. The van der Waals surface area contributed by atoms with Crippen LogP contribution in [-0.2, 0) is 9.53 Å². The van der Waals surface area contributed by atoms with Crippen LogP contribution in [0, 0.1) is 0 Å². The molecule has 1 heterocycles. The molecule has 0 aromatic heterocycles. The van der Waals surface area contributed by atoms with Gasteiger partial charge in [-0.05, 0) is 25.0 Å². The topological polar surface area (TPSA) is 56.8 Å². The second-order valence-corrected chi connectivity index (χ2v) is 5.19. The van der Waals surface area contributed by atoms with Crippen molar-refractivity contribution in [2.45, 2.75) is 32.0 Å². The first-order chi connectivity index (χ1) is 10.2. The van der Waals surface area contributed by atoms with Gasteiger partial charge in [-0.15, -0.1) is 0 Å². The van der Waals surface area contributed by atoms with Crippen LogP contribution in [0.25, 0.3) is 0 Å². The number of benzene rings is 1. The maximum atomic E-state index is 11.3. The van der Waals surface area contributed by atoms with Crippen molar-refractivity contribution in [3.05, 3.63) is 30.0 Å². The molecule has 21 heavy (non-hydrogen) atoms. The Morgan fingerprint density at radius 3 is 2.86 bits per heavy atom. The Morgan fingerprint density at radius 1 is 1.29 bits per heavy atom. The Bertz CT molecular complexity index is 561. The Kier molecular flexibility index (Phi) is 4.10. The quantitative estimate of drug-likeness (QED) is 0.903. The first-order valence-electron chi connectivity index (χ1n) is 7.21. The number of nitrogens with one attached hydrogen (secondary N) is 1. The van der Waals surface area contributed by atoms with Gasteiger partial charge in [0.05, 0.1) is 13.7 Å². The van der Waals surface area contributed by atoms with Crippen LogP contribution in [0.5, 0.6) is 11.5 Å². The maximum Gasteiger partial charge on any atom is 0.200 e. The summed E-state index contributed by atoms with van der Waals surface area (Å²) in [6.45, 7) is 0.736. The Labute approximate surface area is 123 Å². The molecular weight excluding hydrogens is 270 g/mol. The summed E-state index contributed by atoms with van der Waals surface area (Å²) in [6, 6.07) is 5.64. The SMILES string of the molecule is COc1ccc(NC2=CC(=O)CC2)cc1OC1CCCO1. The average molecular weight is 289 g/mol. The molecule has 1 aromatic carbocycles. The highest BCUT2D eigenvalue weighted by Crippen LogP contribution is 2.33. The van der Waals surface area contributed by atoms with Crippen LogP contribution >= 0.6 is 0 Å². The molecule has 2 aliphatic rings. The van der Waals surface area contributed by atoms with Gasteiger partial charge in [0.15, 0.2) is 23.6 Å². The van der Waals surface area contributed by atoms with Gasteiger partial charge < -0.3 is 19.5 Å². The maximum absolute atomic E-state index is 11.3. The number of rotatable bonds is 5. The van der Waals surface area contributed by atoms with E-state index in [1.165, 1.54) is 0 Å². The molecule has 0 amide bonds. The van der Waals surface area contributed by atoms with Crippen molar-refractivity contribution in [2.75, 3.05) is 19.0 Å². The second kappa shape index (κ2) is 6.18. The largest absolute Gasteiger partial charge is 0.493 e. The van der Waals surface area contributed by atoms with E-state index in [0.717, 1.165) is 37.3 Å². The predicted octanol–water partition coefficient (Wildman–Crippen LogP) is 2.87. The summed E-state index contributed by atoms with van der Waals surface area (Å²) < 4.78 is 16.7. The van der Waals surface area contributed by atoms with Gasteiger partial charge in [-0.2, -0.15) is 0 Å². The zero-order valence-corrected chi connectivity index (χ0v) is 12.1. The highest BCUT2D eigenvalue weighted by Gasteiger charge is 2.19. The molecule has 1 N–H and O–H groups in total. The number of methoxy groups -OCH3 is 1. The fraction of sp³-hybridized carbons (Fsp3) is 0.438. The number of anilines is 1. The monoisotopic (exact) mass is 289 g/mol. The van der Waals surface area contributed by atoms with E-state index in [0.29, 0.717) is 17.9 Å². The molecule has 0 spiro atoms. The number of hydrogen-bond acceptors (Lipinski definition) is 5. The minimum atomic E-state index is -0.207. The first-order valence-corrected chi connectivity index (χ1v) is 7.21. The number of ether oxygens (including phenoxy) is 3. The van der Waals surface area contributed by atoms with Crippen molar-refractivity contribution in [3.63, 3.8) is 0 Å². The minimum absolute atomic E-state index is 0.168. The Hall–Kier alpha value is -2.01. The molecule has 5 heteroatoms. The van der Waals surface area contributed by atoms with Gasteiger partial charge in [0.25, 0.3) is 0 Å². The molecule has 0 bridgehead atoms.